The van der Waals surface area contributed by atoms with E-state index in [0.29, 0.717) is 6.04 Å². The van der Waals surface area contributed by atoms with Gasteiger partial charge in [0.05, 0.1) is 18.0 Å². The lowest BCUT2D eigenvalue weighted by Gasteiger charge is -2.08. The van der Waals surface area contributed by atoms with Crippen molar-refractivity contribution in [3.05, 3.63) is 22.9 Å². The molecule has 1 fully saturated rings. The van der Waals surface area contributed by atoms with Crippen LogP contribution in [0.15, 0.2) is 22.9 Å². The second kappa shape index (κ2) is 3.57. The van der Waals surface area contributed by atoms with Gasteiger partial charge in [0.25, 0.3) is 0 Å². The van der Waals surface area contributed by atoms with Crippen molar-refractivity contribution in [1.29, 1.82) is 0 Å². The third-order valence-electron chi connectivity index (χ3n) is 2.67. The maximum absolute atomic E-state index is 5.37. The second-order valence-electron chi connectivity index (χ2n) is 3.63. The normalized spacial score (nSPS) is 21.3. The van der Waals surface area contributed by atoms with Crippen LogP contribution in [0.5, 0.6) is 0 Å². The van der Waals surface area contributed by atoms with Gasteiger partial charge in [-0.05, 0) is 34.5 Å². The van der Waals surface area contributed by atoms with Crippen LogP contribution >= 0.6 is 15.9 Å². The Morgan fingerprint density at radius 3 is 3.27 bits per heavy atom. The molecule has 0 N–H and O–H groups in total. The maximum Gasteiger partial charge on any atom is 0.159 e. The number of ether oxygens (including phenoxy) is 1. The Morgan fingerprint density at radius 2 is 2.47 bits per heavy atom. The van der Waals surface area contributed by atoms with E-state index in [1.54, 1.807) is 6.20 Å². The van der Waals surface area contributed by atoms with Crippen molar-refractivity contribution in [2.45, 2.75) is 12.5 Å². The molecule has 3 heterocycles. The molecule has 0 radical (unpaired) electrons. The molecule has 1 aliphatic heterocycles. The van der Waals surface area contributed by atoms with Crippen LogP contribution in [0.25, 0.3) is 11.0 Å². The number of nitrogens with zero attached hydrogens (tertiary/aromatic N) is 3. The fraction of sp³-hybridized carbons (Fsp3) is 0.400. The number of hydrogen-bond donors (Lipinski definition) is 0. The lowest BCUT2D eigenvalue weighted by molar-refractivity contribution is 0.185. The van der Waals surface area contributed by atoms with Gasteiger partial charge in [-0.1, -0.05) is 0 Å². The first kappa shape index (κ1) is 9.30. The molecule has 78 valence electrons. The van der Waals surface area contributed by atoms with Gasteiger partial charge < -0.3 is 4.74 Å². The Labute approximate surface area is 95.4 Å². The third-order valence-corrected chi connectivity index (χ3v) is 3.26. The van der Waals surface area contributed by atoms with Crippen LogP contribution in [0.4, 0.5) is 0 Å². The summed E-state index contributed by atoms with van der Waals surface area (Å²) in [5.41, 5.74) is 0.930. The topological polar surface area (TPSA) is 39.9 Å². The summed E-state index contributed by atoms with van der Waals surface area (Å²) in [4.78, 5) is 4.36. The molecule has 1 aliphatic rings. The highest BCUT2D eigenvalue weighted by molar-refractivity contribution is 9.10. The number of aromatic nitrogens is 3. The van der Waals surface area contributed by atoms with E-state index in [0.717, 1.165) is 35.3 Å². The van der Waals surface area contributed by atoms with E-state index >= 15 is 0 Å². The summed E-state index contributed by atoms with van der Waals surface area (Å²) in [6.07, 6.45) is 2.81. The molecule has 15 heavy (non-hydrogen) atoms. The molecule has 4 nitrogen and oxygen atoms in total. The Morgan fingerprint density at radius 1 is 1.53 bits per heavy atom. The first-order valence-electron chi connectivity index (χ1n) is 4.93. The van der Waals surface area contributed by atoms with Crippen molar-refractivity contribution in [3.63, 3.8) is 0 Å². The van der Waals surface area contributed by atoms with Crippen molar-refractivity contribution >= 4 is 27.0 Å². The summed E-state index contributed by atoms with van der Waals surface area (Å²) in [6, 6.07) is 4.27. The number of pyridine rings is 1. The summed E-state index contributed by atoms with van der Waals surface area (Å²) < 4.78 is 8.19. The van der Waals surface area contributed by atoms with Crippen LogP contribution in [0, 0.1) is 0 Å². The zero-order chi connectivity index (χ0) is 10.3. The molecule has 0 spiro atoms. The van der Waals surface area contributed by atoms with Gasteiger partial charge in [-0.3, -0.25) is 0 Å². The van der Waals surface area contributed by atoms with E-state index in [-0.39, 0.29) is 0 Å². The Balaban J connectivity index is 2.17. The minimum atomic E-state index is 0.327. The third kappa shape index (κ3) is 1.46. The molecule has 1 saturated heterocycles. The fourth-order valence-corrected chi connectivity index (χ4v) is 2.39. The molecule has 1 atom stereocenters. The Hall–Kier alpha value is -0.940. The number of rotatable bonds is 1. The molecule has 0 bridgehead atoms. The van der Waals surface area contributed by atoms with Crippen LogP contribution in [-0.2, 0) is 4.74 Å². The Kier molecular flexibility index (Phi) is 2.21. The van der Waals surface area contributed by atoms with Gasteiger partial charge in [-0.2, -0.15) is 5.10 Å². The number of fused-ring (bicyclic) bond motifs is 1. The van der Waals surface area contributed by atoms with Crippen LogP contribution in [0.1, 0.15) is 12.5 Å². The highest BCUT2D eigenvalue weighted by Crippen LogP contribution is 2.27. The average Bonchev–Trinajstić information content (AvgIpc) is 2.87. The van der Waals surface area contributed by atoms with Crippen molar-refractivity contribution in [1.82, 2.24) is 14.8 Å². The smallest absolute Gasteiger partial charge is 0.159 e. The van der Waals surface area contributed by atoms with Crippen LogP contribution in [0.2, 0.25) is 0 Å². The number of hydrogen-bond acceptors (Lipinski definition) is 3. The van der Waals surface area contributed by atoms with Gasteiger partial charge in [-0.15, -0.1) is 0 Å². The van der Waals surface area contributed by atoms with Gasteiger partial charge in [0.1, 0.15) is 4.60 Å². The molecule has 0 saturated carbocycles. The van der Waals surface area contributed by atoms with E-state index in [4.69, 9.17) is 4.74 Å². The van der Waals surface area contributed by atoms with Crippen LogP contribution < -0.4 is 0 Å². The van der Waals surface area contributed by atoms with E-state index in [1.165, 1.54) is 0 Å². The Bertz CT molecular complexity index is 490. The standard InChI is InChI=1S/C10H10BrN3O/c11-9-8-2-1-4-12-10(8)14(13-9)7-3-5-15-6-7/h1-2,4,7H,3,5-6H2. The van der Waals surface area contributed by atoms with E-state index in [1.807, 2.05) is 16.8 Å². The monoisotopic (exact) mass is 267 g/mol. The largest absolute Gasteiger partial charge is 0.379 e. The molecular weight excluding hydrogens is 258 g/mol. The molecule has 0 aromatic carbocycles. The highest BCUT2D eigenvalue weighted by atomic mass is 79.9. The molecule has 0 aliphatic carbocycles. The summed E-state index contributed by atoms with van der Waals surface area (Å²) in [7, 11) is 0. The van der Waals surface area contributed by atoms with Gasteiger partial charge in [0.15, 0.2) is 5.65 Å². The van der Waals surface area contributed by atoms with Gasteiger partial charge in [0, 0.05) is 12.8 Å². The predicted octanol–water partition coefficient (Wildman–Crippen LogP) is 2.16. The molecular formula is C10H10BrN3O. The molecule has 5 heteroatoms. The van der Waals surface area contributed by atoms with Crippen LogP contribution in [0.3, 0.4) is 0 Å². The highest BCUT2D eigenvalue weighted by Gasteiger charge is 2.21. The van der Waals surface area contributed by atoms with Gasteiger partial charge in [0.2, 0.25) is 0 Å². The van der Waals surface area contributed by atoms with Crippen molar-refractivity contribution in [2.24, 2.45) is 0 Å². The first-order chi connectivity index (χ1) is 7.36. The maximum atomic E-state index is 5.37. The van der Waals surface area contributed by atoms with Gasteiger partial charge >= 0.3 is 0 Å². The summed E-state index contributed by atoms with van der Waals surface area (Å²) in [5.74, 6) is 0. The predicted molar refractivity (Wildman–Crippen MR) is 59.7 cm³/mol. The van der Waals surface area contributed by atoms with Crippen molar-refractivity contribution < 1.29 is 4.74 Å². The van der Waals surface area contributed by atoms with Crippen molar-refractivity contribution in [3.8, 4) is 0 Å². The van der Waals surface area contributed by atoms with Crippen LogP contribution in [-0.4, -0.2) is 28.0 Å². The second-order valence-corrected chi connectivity index (χ2v) is 4.38. The molecule has 1 unspecified atom stereocenters. The lowest BCUT2D eigenvalue weighted by atomic mass is 10.2. The minimum Gasteiger partial charge on any atom is -0.379 e. The van der Waals surface area contributed by atoms with Gasteiger partial charge in [-0.25, -0.2) is 9.67 Å². The zero-order valence-corrected chi connectivity index (χ0v) is 9.64. The van der Waals surface area contributed by atoms with Crippen molar-refractivity contribution in [2.75, 3.05) is 13.2 Å². The zero-order valence-electron chi connectivity index (χ0n) is 8.06. The fourth-order valence-electron chi connectivity index (χ4n) is 1.91. The van der Waals surface area contributed by atoms with E-state index in [9.17, 15) is 0 Å². The lowest BCUT2D eigenvalue weighted by Crippen LogP contribution is -2.10. The summed E-state index contributed by atoms with van der Waals surface area (Å²) >= 11 is 3.45. The SMILES string of the molecule is Brc1nn(C2CCOC2)c2ncccc12. The summed E-state index contributed by atoms with van der Waals surface area (Å²) in [6.45, 7) is 1.55. The summed E-state index contributed by atoms with van der Waals surface area (Å²) in [5, 5.41) is 5.52. The quantitative estimate of drug-likeness (QED) is 0.795. The first-order valence-corrected chi connectivity index (χ1v) is 5.72. The minimum absolute atomic E-state index is 0.327. The average molecular weight is 268 g/mol. The molecule has 3 rings (SSSR count). The molecule has 2 aromatic heterocycles. The van der Waals surface area contributed by atoms with E-state index in [2.05, 4.69) is 26.0 Å². The molecule has 2 aromatic rings. The van der Waals surface area contributed by atoms with E-state index < -0.39 is 0 Å². The number of halogens is 1. The molecule has 0 amide bonds.